The van der Waals surface area contributed by atoms with Crippen molar-refractivity contribution in [2.45, 2.75) is 96.8 Å². The second-order valence-electron chi connectivity index (χ2n) is 8.30. The van der Waals surface area contributed by atoms with Gasteiger partial charge < -0.3 is 0 Å². The van der Waals surface area contributed by atoms with Crippen LogP contribution in [0.15, 0.2) is 11.9 Å². The van der Waals surface area contributed by atoms with E-state index in [1.165, 1.54) is 83.1 Å². The van der Waals surface area contributed by atoms with E-state index >= 15 is 0 Å². The summed E-state index contributed by atoms with van der Waals surface area (Å²) in [5, 5.41) is 8.44. The summed E-state index contributed by atoms with van der Waals surface area (Å²) in [6.45, 7) is 2.30. The van der Waals surface area contributed by atoms with Crippen molar-refractivity contribution in [1.29, 1.82) is 5.26 Å². The molecule has 2 aliphatic rings. The predicted octanol–water partition coefficient (Wildman–Crippen LogP) is 7.34. The van der Waals surface area contributed by atoms with Crippen LogP contribution in [-0.4, -0.2) is 0 Å². The van der Waals surface area contributed by atoms with Crippen LogP contribution in [-0.2, 0) is 0 Å². The van der Waals surface area contributed by atoms with Crippen molar-refractivity contribution in [3.63, 3.8) is 0 Å². The Labute approximate surface area is 148 Å². The third-order valence-electron chi connectivity index (χ3n) is 6.67. The number of allylic oxidation sites excluding steroid dienone is 2. The molecule has 0 radical (unpaired) electrons. The Morgan fingerprint density at radius 2 is 1.46 bits per heavy atom. The molecular weight excluding hydrogens is 297 g/mol. The van der Waals surface area contributed by atoms with Crippen LogP contribution in [0.5, 0.6) is 0 Å². The van der Waals surface area contributed by atoms with Crippen molar-refractivity contribution in [2.75, 3.05) is 0 Å². The Bertz CT molecular complexity index is 406. The maximum atomic E-state index is 12.8. The molecule has 0 aliphatic heterocycles. The molecule has 2 fully saturated rings. The first kappa shape index (κ1) is 19.5. The van der Waals surface area contributed by atoms with Crippen LogP contribution in [0.3, 0.4) is 0 Å². The Kier molecular flexibility index (Phi) is 8.86. The number of hydrogen-bond acceptors (Lipinski definition) is 1. The lowest BCUT2D eigenvalue weighted by molar-refractivity contribution is 0.140. The van der Waals surface area contributed by atoms with E-state index in [4.69, 9.17) is 5.26 Å². The number of rotatable bonds is 8. The normalized spacial score (nSPS) is 31.6. The smallest absolute Gasteiger partial charge is 0.195 e. The lowest BCUT2D eigenvalue weighted by atomic mass is 9.68. The molecule has 0 atom stereocenters. The molecule has 2 aliphatic carbocycles. The van der Waals surface area contributed by atoms with Gasteiger partial charge in [-0.3, -0.25) is 0 Å². The highest BCUT2D eigenvalue weighted by atomic mass is 19.1. The largest absolute Gasteiger partial charge is 0.196 e. The molecule has 0 aromatic rings. The van der Waals surface area contributed by atoms with E-state index in [9.17, 15) is 4.39 Å². The fourth-order valence-corrected chi connectivity index (χ4v) is 5.07. The number of hydrogen-bond donors (Lipinski definition) is 0. The van der Waals surface area contributed by atoms with Gasteiger partial charge in [-0.25, -0.2) is 0 Å². The maximum Gasteiger partial charge on any atom is 0.196 e. The van der Waals surface area contributed by atoms with Gasteiger partial charge in [-0.2, -0.15) is 9.65 Å². The molecule has 0 aromatic heterocycles. The molecule has 2 saturated carbocycles. The Balaban J connectivity index is 1.60. The van der Waals surface area contributed by atoms with Crippen molar-refractivity contribution < 1.29 is 4.39 Å². The SMILES string of the molecule is CCCCC[C@H]1CC[C@H](C2CCC(CCC=C(F)C#N)CC2)CC1. The van der Waals surface area contributed by atoms with Crippen molar-refractivity contribution >= 4 is 0 Å². The van der Waals surface area contributed by atoms with Crippen LogP contribution in [0.2, 0.25) is 0 Å². The number of unbranched alkanes of at least 4 members (excludes halogenated alkanes) is 2. The molecule has 0 bridgehead atoms. The van der Waals surface area contributed by atoms with Crippen molar-refractivity contribution in [3.05, 3.63) is 11.9 Å². The number of nitriles is 1. The molecule has 0 saturated heterocycles. The zero-order valence-corrected chi connectivity index (χ0v) is 15.6. The lowest BCUT2D eigenvalue weighted by Gasteiger charge is -2.38. The van der Waals surface area contributed by atoms with Crippen LogP contribution >= 0.6 is 0 Å². The van der Waals surface area contributed by atoms with Crippen molar-refractivity contribution in [2.24, 2.45) is 23.7 Å². The molecule has 2 heteroatoms. The molecule has 0 N–H and O–H groups in total. The summed E-state index contributed by atoms with van der Waals surface area (Å²) in [5.41, 5.74) is 0. The Morgan fingerprint density at radius 3 is 1.96 bits per heavy atom. The standard InChI is InChI=1S/C22H36FN/c1-2-3-4-6-18-9-13-20(14-10-18)21-15-11-19(12-16-21)7-5-8-22(23)17-24/h8,18-21H,2-7,9-16H2,1H3/t18-,19?,20-,21?. The fourth-order valence-electron chi connectivity index (χ4n) is 5.07. The molecule has 0 aromatic carbocycles. The highest BCUT2D eigenvalue weighted by Crippen LogP contribution is 2.43. The highest BCUT2D eigenvalue weighted by molar-refractivity contribution is 5.11. The van der Waals surface area contributed by atoms with E-state index in [0.717, 1.165) is 36.5 Å². The molecule has 136 valence electrons. The minimum absolute atomic E-state index is 0.612. The van der Waals surface area contributed by atoms with E-state index in [1.807, 2.05) is 0 Å². The van der Waals surface area contributed by atoms with Gasteiger partial charge in [0.2, 0.25) is 0 Å². The van der Waals surface area contributed by atoms with Crippen LogP contribution < -0.4 is 0 Å². The summed E-state index contributed by atoms with van der Waals surface area (Å²) in [5.74, 6) is 3.12. The lowest BCUT2D eigenvalue weighted by Crippen LogP contribution is -2.25. The predicted molar refractivity (Wildman–Crippen MR) is 99.1 cm³/mol. The first-order chi connectivity index (χ1) is 11.7. The van der Waals surface area contributed by atoms with E-state index in [2.05, 4.69) is 6.92 Å². The molecule has 0 heterocycles. The minimum Gasteiger partial charge on any atom is -0.195 e. The first-order valence-corrected chi connectivity index (χ1v) is 10.5. The van der Waals surface area contributed by atoms with Gasteiger partial charge in [0, 0.05) is 0 Å². The van der Waals surface area contributed by atoms with Crippen LogP contribution in [0.25, 0.3) is 0 Å². The van der Waals surface area contributed by atoms with E-state index in [-0.39, 0.29) is 0 Å². The van der Waals surface area contributed by atoms with Gasteiger partial charge in [0.1, 0.15) is 6.07 Å². The highest BCUT2D eigenvalue weighted by Gasteiger charge is 2.30. The molecule has 0 unspecified atom stereocenters. The van der Waals surface area contributed by atoms with Gasteiger partial charge in [-0.15, -0.1) is 0 Å². The number of nitrogens with zero attached hydrogens (tertiary/aromatic N) is 1. The second-order valence-corrected chi connectivity index (χ2v) is 8.30. The van der Waals surface area contributed by atoms with Crippen LogP contribution in [0.1, 0.15) is 96.8 Å². The molecule has 0 spiro atoms. The van der Waals surface area contributed by atoms with Crippen LogP contribution in [0, 0.1) is 35.0 Å². The molecule has 0 amide bonds. The van der Waals surface area contributed by atoms with Gasteiger partial charge in [-0.1, -0.05) is 58.3 Å². The summed E-state index contributed by atoms with van der Waals surface area (Å²) in [7, 11) is 0. The quantitative estimate of drug-likeness (QED) is 0.337. The third kappa shape index (κ3) is 6.58. The summed E-state index contributed by atoms with van der Waals surface area (Å²) >= 11 is 0. The molecular formula is C22H36FN. The van der Waals surface area contributed by atoms with Gasteiger partial charge in [0.05, 0.1) is 0 Å². The van der Waals surface area contributed by atoms with Gasteiger partial charge in [0.15, 0.2) is 5.83 Å². The van der Waals surface area contributed by atoms with E-state index in [0.29, 0.717) is 0 Å². The van der Waals surface area contributed by atoms with Crippen molar-refractivity contribution in [1.82, 2.24) is 0 Å². The summed E-state index contributed by atoms with van der Waals surface area (Å²) < 4.78 is 12.8. The van der Waals surface area contributed by atoms with E-state index in [1.54, 1.807) is 6.07 Å². The molecule has 2 rings (SSSR count). The average Bonchev–Trinajstić information content (AvgIpc) is 2.63. The van der Waals surface area contributed by atoms with Gasteiger partial charge in [0.25, 0.3) is 0 Å². The Morgan fingerprint density at radius 1 is 0.917 bits per heavy atom. The summed E-state index contributed by atoms with van der Waals surface area (Å²) in [4.78, 5) is 0. The fraction of sp³-hybridized carbons (Fsp3) is 0.864. The summed E-state index contributed by atoms with van der Waals surface area (Å²) in [6.07, 6.45) is 20.3. The van der Waals surface area contributed by atoms with Crippen molar-refractivity contribution in [3.8, 4) is 6.07 Å². The maximum absolute atomic E-state index is 12.8. The zero-order chi connectivity index (χ0) is 17.2. The topological polar surface area (TPSA) is 23.8 Å². The average molecular weight is 334 g/mol. The number of halogens is 1. The minimum atomic E-state index is -0.612. The van der Waals surface area contributed by atoms with Crippen LogP contribution in [0.4, 0.5) is 4.39 Å². The first-order valence-electron chi connectivity index (χ1n) is 10.5. The third-order valence-corrected chi connectivity index (χ3v) is 6.67. The molecule has 1 nitrogen and oxygen atoms in total. The molecule has 24 heavy (non-hydrogen) atoms. The van der Waals surface area contributed by atoms with Gasteiger partial charge in [-0.05, 0) is 68.3 Å². The monoisotopic (exact) mass is 333 g/mol. The zero-order valence-electron chi connectivity index (χ0n) is 15.6. The van der Waals surface area contributed by atoms with E-state index < -0.39 is 5.83 Å². The van der Waals surface area contributed by atoms with Gasteiger partial charge >= 0.3 is 0 Å². The second kappa shape index (κ2) is 10.9. The summed E-state index contributed by atoms with van der Waals surface area (Å²) in [6, 6.07) is 1.57. The Hall–Kier alpha value is -0.840.